The summed E-state index contributed by atoms with van der Waals surface area (Å²) in [6, 6.07) is 9.87. The summed E-state index contributed by atoms with van der Waals surface area (Å²) in [6.45, 7) is 1.55. The van der Waals surface area contributed by atoms with E-state index in [0.29, 0.717) is 0 Å². The summed E-state index contributed by atoms with van der Waals surface area (Å²) in [7, 11) is 0. The lowest BCUT2D eigenvalue weighted by Crippen LogP contribution is -2.11. The van der Waals surface area contributed by atoms with Gasteiger partial charge in [-0.25, -0.2) is 0 Å². The van der Waals surface area contributed by atoms with E-state index in [2.05, 4.69) is 21.2 Å². The average Bonchev–Trinajstić information content (AvgIpc) is 2.61. The Bertz CT molecular complexity index is 493. The monoisotopic (exact) mass is 349 g/mol. The van der Waals surface area contributed by atoms with E-state index in [1.807, 2.05) is 30.3 Å². The van der Waals surface area contributed by atoms with Crippen LogP contribution in [0.4, 0.5) is 0 Å². The van der Waals surface area contributed by atoms with Crippen LogP contribution in [0.2, 0.25) is 9.36 Å². The van der Waals surface area contributed by atoms with E-state index < -0.39 is 0 Å². The third-order valence-corrected chi connectivity index (χ3v) is 5.11. The summed E-state index contributed by atoms with van der Waals surface area (Å²) < 4.78 is 1.75. The van der Waals surface area contributed by atoms with E-state index in [0.717, 1.165) is 32.5 Å². The van der Waals surface area contributed by atoms with Crippen molar-refractivity contribution in [2.24, 2.45) is 0 Å². The predicted octanol–water partition coefficient (Wildman–Crippen LogP) is 5.11. The van der Waals surface area contributed by atoms with Crippen molar-refractivity contribution >= 4 is 50.5 Å². The third-order valence-electron chi connectivity index (χ3n) is 2.27. The molecule has 0 saturated heterocycles. The highest BCUT2D eigenvalue weighted by atomic mass is 79.9. The average molecular weight is 351 g/mol. The van der Waals surface area contributed by atoms with Gasteiger partial charge in [0.2, 0.25) is 0 Å². The molecule has 0 aliphatic rings. The number of nitrogens with one attached hydrogen (secondary N) is 1. The quantitative estimate of drug-likeness (QED) is 0.808. The molecule has 0 amide bonds. The molecule has 1 aromatic carbocycles. The minimum Gasteiger partial charge on any atom is -0.308 e. The van der Waals surface area contributed by atoms with E-state index in [1.165, 1.54) is 4.88 Å². The van der Waals surface area contributed by atoms with Crippen molar-refractivity contribution in [3.63, 3.8) is 0 Å². The molecule has 17 heavy (non-hydrogen) atoms. The van der Waals surface area contributed by atoms with E-state index in [4.69, 9.17) is 23.2 Å². The van der Waals surface area contributed by atoms with Crippen LogP contribution in [-0.2, 0) is 13.1 Å². The molecule has 0 radical (unpaired) electrons. The SMILES string of the molecule is Clc1ccccc1CNCc1cc(Br)c(Cl)s1. The molecular formula is C12H10BrCl2NS. The maximum atomic E-state index is 6.07. The summed E-state index contributed by atoms with van der Waals surface area (Å²) in [5.41, 5.74) is 1.11. The lowest BCUT2D eigenvalue weighted by atomic mass is 10.2. The Labute approximate surface area is 123 Å². The first-order chi connectivity index (χ1) is 8.16. The lowest BCUT2D eigenvalue weighted by Gasteiger charge is -2.05. The van der Waals surface area contributed by atoms with Gasteiger partial charge in [-0.05, 0) is 33.6 Å². The molecule has 1 aromatic heterocycles. The Morgan fingerprint density at radius 1 is 1.18 bits per heavy atom. The molecule has 0 atom stereocenters. The summed E-state index contributed by atoms with van der Waals surface area (Å²) in [4.78, 5) is 1.20. The maximum absolute atomic E-state index is 6.07. The number of halogens is 3. The van der Waals surface area contributed by atoms with Crippen molar-refractivity contribution in [1.82, 2.24) is 5.32 Å². The van der Waals surface area contributed by atoms with Crippen LogP contribution < -0.4 is 5.32 Å². The fourth-order valence-corrected chi connectivity index (χ4v) is 3.40. The molecule has 1 heterocycles. The zero-order valence-electron chi connectivity index (χ0n) is 8.84. The Kier molecular flexibility index (Phi) is 4.88. The molecular weight excluding hydrogens is 341 g/mol. The zero-order chi connectivity index (χ0) is 12.3. The molecule has 2 aromatic rings. The van der Waals surface area contributed by atoms with Gasteiger partial charge in [-0.3, -0.25) is 0 Å². The van der Waals surface area contributed by atoms with Crippen LogP contribution in [-0.4, -0.2) is 0 Å². The number of rotatable bonds is 4. The lowest BCUT2D eigenvalue weighted by molar-refractivity contribution is 0.701. The van der Waals surface area contributed by atoms with Crippen molar-refractivity contribution in [2.75, 3.05) is 0 Å². The third kappa shape index (κ3) is 3.70. The van der Waals surface area contributed by atoms with Gasteiger partial charge in [0.15, 0.2) is 0 Å². The smallest absolute Gasteiger partial charge is 0.107 e. The first-order valence-electron chi connectivity index (χ1n) is 5.04. The van der Waals surface area contributed by atoms with Crippen LogP contribution in [0.15, 0.2) is 34.8 Å². The normalized spacial score (nSPS) is 10.8. The van der Waals surface area contributed by atoms with Crippen LogP contribution in [0.5, 0.6) is 0 Å². The van der Waals surface area contributed by atoms with Crippen LogP contribution in [0.3, 0.4) is 0 Å². The highest BCUT2D eigenvalue weighted by molar-refractivity contribution is 9.10. The van der Waals surface area contributed by atoms with E-state index in [9.17, 15) is 0 Å². The van der Waals surface area contributed by atoms with Gasteiger partial charge >= 0.3 is 0 Å². The fraction of sp³-hybridized carbons (Fsp3) is 0.167. The van der Waals surface area contributed by atoms with Gasteiger partial charge in [0.1, 0.15) is 4.34 Å². The fourth-order valence-electron chi connectivity index (χ4n) is 1.44. The van der Waals surface area contributed by atoms with Crippen molar-refractivity contribution < 1.29 is 0 Å². The number of hydrogen-bond acceptors (Lipinski definition) is 2. The summed E-state index contributed by atoms with van der Waals surface area (Å²) in [5, 5.41) is 4.14. The van der Waals surface area contributed by atoms with Crippen molar-refractivity contribution in [3.8, 4) is 0 Å². The molecule has 1 N–H and O–H groups in total. The topological polar surface area (TPSA) is 12.0 Å². The minimum absolute atomic E-state index is 0.757. The van der Waals surface area contributed by atoms with Gasteiger partial charge in [0.25, 0.3) is 0 Å². The van der Waals surface area contributed by atoms with Crippen molar-refractivity contribution in [1.29, 1.82) is 0 Å². The highest BCUT2D eigenvalue weighted by Gasteiger charge is 2.04. The molecule has 0 aliphatic heterocycles. The summed E-state index contributed by atoms with van der Waals surface area (Å²) in [6.07, 6.45) is 0. The van der Waals surface area contributed by atoms with Gasteiger partial charge in [-0.1, -0.05) is 41.4 Å². The Morgan fingerprint density at radius 3 is 2.59 bits per heavy atom. The summed E-state index contributed by atoms with van der Waals surface area (Å²) >= 11 is 17.0. The van der Waals surface area contributed by atoms with Gasteiger partial charge in [0, 0.05) is 27.5 Å². The van der Waals surface area contributed by atoms with E-state index in [-0.39, 0.29) is 0 Å². The van der Waals surface area contributed by atoms with E-state index >= 15 is 0 Å². The van der Waals surface area contributed by atoms with Crippen LogP contribution >= 0.6 is 50.5 Å². The molecule has 90 valence electrons. The zero-order valence-corrected chi connectivity index (χ0v) is 12.8. The molecule has 0 saturated carbocycles. The predicted molar refractivity (Wildman–Crippen MR) is 79.0 cm³/mol. The van der Waals surface area contributed by atoms with Crippen LogP contribution in [0.25, 0.3) is 0 Å². The van der Waals surface area contributed by atoms with Gasteiger partial charge in [-0.2, -0.15) is 0 Å². The second-order valence-electron chi connectivity index (χ2n) is 3.53. The van der Waals surface area contributed by atoms with Gasteiger partial charge in [-0.15, -0.1) is 11.3 Å². The van der Waals surface area contributed by atoms with Crippen molar-refractivity contribution in [2.45, 2.75) is 13.1 Å². The molecule has 0 aliphatic carbocycles. The molecule has 0 fully saturated rings. The van der Waals surface area contributed by atoms with Crippen LogP contribution in [0.1, 0.15) is 10.4 Å². The molecule has 0 spiro atoms. The molecule has 0 unspecified atom stereocenters. The number of benzene rings is 1. The Morgan fingerprint density at radius 2 is 1.94 bits per heavy atom. The Hall–Kier alpha value is -0.0600. The van der Waals surface area contributed by atoms with Gasteiger partial charge < -0.3 is 5.32 Å². The van der Waals surface area contributed by atoms with Gasteiger partial charge in [0.05, 0.1) is 0 Å². The molecule has 1 nitrogen and oxygen atoms in total. The first-order valence-corrected chi connectivity index (χ1v) is 7.41. The van der Waals surface area contributed by atoms with Crippen molar-refractivity contribution in [3.05, 3.63) is 54.6 Å². The standard InChI is InChI=1S/C12H10BrCl2NS/c13-10-5-9(17-12(10)15)7-16-6-8-3-1-2-4-11(8)14/h1-5,16H,6-7H2. The first kappa shape index (κ1) is 13.4. The second-order valence-corrected chi connectivity index (χ2v) is 6.53. The Balaban J connectivity index is 1.90. The minimum atomic E-state index is 0.757. The number of hydrogen-bond donors (Lipinski definition) is 1. The second kappa shape index (κ2) is 6.21. The van der Waals surface area contributed by atoms with Crippen LogP contribution in [0, 0.1) is 0 Å². The molecule has 2 rings (SSSR count). The maximum Gasteiger partial charge on any atom is 0.107 e. The molecule has 0 bridgehead atoms. The number of thiophene rings is 1. The largest absolute Gasteiger partial charge is 0.308 e. The summed E-state index contributed by atoms with van der Waals surface area (Å²) in [5.74, 6) is 0. The highest BCUT2D eigenvalue weighted by Crippen LogP contribution is 2.31. The van der Waals surface area contributed by atoms with E-state index in [1.54, 1.807) is 11.3 Å². The molecule has 5 heteroatoms.